The topological polar surface area (TPSA) is 162 Å². The minimum absolute atomic E-state index is 0.0957. The molecule has 0 aliphatic carbocycles. The number of rotatable bonds is 7. The Morgan fingerprint density at radius 2 is 2.00 bits per heavy atom. The molecule has 3 rings (SSSR count). The molecule has 1 fully saturated rings. The Labute approximate surface area is 170 Å². The molecule has 0 bridgehead atoms. The maximum atomic E-state index is 14.8. The molecular formula is C18H20FN7O4. The smallest absolute Gasteiger partial charge is 0.437 e. The average molecular weight is 417 g/mol. The second-order valence-corrected chi connectivity index (χ2v) is 6.21. The number of aliphatic imine (C=N–C) groups is 1. The van der Waals surface area contributed by atoms with E-state index >= 15 is 0 Å². The van der Waals surface area contributed by atoms with Crippen LogP contribution < -0.4 is 16.4 Å². The van der Waals surface area contributed by atoms with Gasteiger partial charge in [0.05, 0.1) is 25.4 Å². The summed E-state index contributed by atoms with van der Waals surface area (Å²) in [7, 11) is 0. The van der Waals surface area contributed by atoms with E-state index in [9.17, 15) is 9.18 Å². The summed E-state index contributed by atoms with van der Waals surface area (Å²) < 4.78 is 19.6. The molecule has 0 spiro atoms. The highest BCUT2D eigenvalue weighted by atomic mass is 19.1. The average Bonchev–Trinajstić information content (AvgIpc) is 2.69. The number of aromatic nitrogens is 2. The lowest BCUT2D eigenvalue weighted by Crippen LogP contribution is -2.48. The van der Waals surface area contributed by atoms with Gasteiger partial charge in [-0.1, -0.05) is 23.4 Å². The maximum Gasteiger partial charge on any atom is 0.437 e. The molecule has 1 saturated heterocycles. The number of halogens is 1. The number of aliphatic hydroxyl groups excluding tert-OH is 1. The van der Waals surface area contributed by atoms with Crippen molar-refractivity contribution in [3.05, 3.63) is 42.0 Å². The number of anilines is 1. The molecular weight excluding hydrogens is 397 g/mol. The van der Waals surface area contributed by atoms with Crippen molar-refractivity contribution in [1.82, 2.24) is 9.97 Å². The fourth-order valence-corrected chi connectivity index (χ4v) is 2.59. The van der Waals surface area contributed by atoms with Gasteiger partial charge in [0.15, 0.2) is 5.96 Å². The third-order valence-electron chi connectivity index (χ3n) is 4.01. The summed E-state index contributed by atoms with van der Waals surface area (Å²) in [5.74, 6) is -0.530. The number of hydrogen-bond acceptors (Lipinski definition) is 8. The Bertz CT molecular complexity index is 954. The summed E-state index contributed by atoms with van der Waals surface area (Å²) in [6.45, 7) is 0.738. The van der Waals surface area contributed by atoms with E-state index in [4.69, 9.17) is 26.1 Å². The van der Waals surface area contributed by atoms with Gasteiger partial charge in [-0.05, 0) is 0 Å². The molecule has 5 N–H and O–H groups in total. The Morgan fingerprint density at radius 1 is 1.27 bits per heavy atom. The first kappa shape index (κ1) is 20.9. The number of hydrogen-bond donors (Lipinski definition) is 3. The molecule has 1 aliphatic rings. The van der Waals surface area contributed by atoms with Gasteiger partial charge in [-0.2, -0.15) is 0 Å². The van der Waals surface area contributed by atoms with Crippen molar-refractivity contribution in [2.75, 3.05) is 31.2 Å². The van der Waals surface area contributed by atoms with Gasteiger partial charge in [-0.25, -0.2) is 19.2 Å². The van der Waals surface area contributed by atoms with E-state index in [1.807, 2.05) is 4.90 Å². The van der Waals surface area contributed by atoms with Crippen molar-refractivity contribution in [3.8, 4) is 11.1 Å². The molecule has 30 heavy (non-hydrogen) atoms. The largest absolute Gasteiger partial charge is 0.443 e. The number of guanidine groups is 1. The van der Waals surface area contributed by atoms with Gasteiger partial charge >= 0.3 is 6.09 Å². The number of oxime groups is 1. The van der Waals surface area contributed by atoms with E-state index in [0.29, 0.717) is 24.6 Å². The number of benzene rings is 1. The third kappa shape index (κ3) is 5.17. The monoisotopic (exact) mass is 417 g/mol. The van der Waals surface area contributed by atoms with Crippen LogP contribution in [0.2, 0.25) is 0 Å². The molecule has 0 atom stereocenters. The summed E-state index contributed by atoms with van der Waals surface area (Å²) in [6, 6.07) is 4.68. The molecule has 158 valence electrons. The first-order valence-corrected chi connectivity index (χ1v) is 8.87. The van der Waals surface area contributed by atoms with E-state index < -0.39 is 17.9 Å². The van der Waals surface area contributed by atoms with Crippen molar-refractivity contribution in [1.29, 1.82) is 0 Å². The molecule has 0 saturated carbocycles. The number of carbonyl (C=O) groups is 1. The molecule has 2 aromatic rings. The Balaban J connectivity index is 1.65. The third-order valence-corrected chi connectivity index (χ3v) is 4.01. The van der Waals surface area contributed by atoms with Gasteiger partial charge in [0.1, 0.15) is 19.0 Å². The predicted molar refractivity (Wildman–Crippen MR) is 106 cm³/mol. The highest BCUT2D eigenvalue weighted by molar-refractivity contribution is 5.98. The number of ether oxygens (including phenoxy) is 1. The molecule has 0 unspecified atom stereocenters. The molecule has 1 aromatic carbocycles. The van der Waals surface area contributed by atoms with E-state index in [0.717, 1.165) is 5.71 Å². The molecule has 1 aliphatic heterocycles. The van der Waals surface area contributed by atoms with E-state index in [-0.39, 0.29) is 30.9 Å². The molecule has 0 radical (unpaired) electrons. The zero-order valence-corrected chi connectivity index (χ0v) is 15.9. The van der Waals surface area contributed by atoms with Gasteiger partial charge in [0.25, 0.3) is 0 Å². The number of nitrogens with zero attached hydrogens (tertiary/aromatic N) is 5. The van der Waals surface area contributed by atoms with Crippen molar-refractivity contribution in [2.45, 2.75) is 6.61 Å². The van der Waals surface area contributed by atoms with Crippen LogP contribution >= 0.6 is 0 Å². The fraction of sp³-hybridized carbons (Fsp3) is 0.278. The van der Waals surface area contributed by atoms with Crippen molar-refractivity contribution >= 4 is 23.7 Å². The summed E-state index contributed by atoms with van der Waals surface area (Å²) >= 11 is 0. The first-order valence-electron chi connectivity index (χ1n) is 8.87. The van der Waals surface area contributed by atoms with Gasteiger partial charge < -0.3 is 31.0 Å². The number of aliphatic hydroxyl groups is 1. The van der Waals surface area contributed by atoms with Crippen LogP contribution in [0.25, 0.3) is 11.1 Å². The predicted octanol–water partition coefficient (Wildman–Crippen LogP) is 0.378. The standard InChI is InChI=1S/C18H20FN7O4/c19-15-11(10-29-18(28)24-16(20)21)2-1-3-14(15)12-6-22-17(23-7-12)26-8-13(9-26)25-30-5-4-27/h1-3,6-7,27H,4-5,8-10H2,(H4,20,21,24,28). The van der Waals surface area contributed by atoms with Gasteiger partial charge in [-0.3, -0.25) is 0 Å². The number of nitrogens with two attached hydrogens (primary N) is 2. The van der Waals surface area contributed by atoms with Crippen LogP contribution in [0.4, 0.5) is 15.1 Å². The fourth-order valence-electron chi connectivity index (χ4n) is 2.59. The summed E-state index contributed by atoms with van der Waals surface area (Å²) in [5, 5.41) is 12.5. The zero-order valence-electron chi connectivity index (χ0n) is 15.9. The number of carbonyl (C=O) groups excluding carboxylic acids is 1. The molecule has 11 nitrogen and oxygen atoms in total. The van der Waals surface area contributed by atoms with Crippen molar-refractivity contribution in [2.24, 2.45) is 21.6 Å². The van der Waals surface area contributed by atoms with E-state index in [1.54, 1.807) is 12.1 Å². The summed E-state index contributed by atoms with van der Waals surface area (Å²) in [4.78, 5) is 29.9. The molecule has 12 heteroatoms. The maximum absolute atomic E-state index is 14.8. The number of amides is 1. The van der Waals surface area contributed by atoms with Crippen molar-refractivity contribution < 1.29 is 23.9 Å². The lowest BCUT2D eigenvalue weighted by molar-refractivity contribution is 0.0975. The second kappa shape index (κ2) is 9.60. The van der Waals surface area contributed by atoms with Crippen molar-refractivity contribution in [3.63, 3.8) is 0 Å². The minimum atomic E-state index is -1.01. The summed E-state index contributed by atoms with van der Waals surface area (Å²) in [6.07, 6.45) is 2.01. The van der Waals surface area contributed by atoms with Gasteiger partial charge in [0, 0.05) is 29.1 Å². The highest BCUT2D eigenvalue weighted by Gasteiger charge is 2.25. The van der Waals surface area contributed by atoms with Crippen LogP contribution in [0.3, 0.4) is 0 Å². The van der Waals surface area contributed by atoms with Gasteiger partial charge in [0.2, 0.25) is 5.95 Å². The Morgan fingerprint density at radius 3 is 2.67 bits per heavy atom. The van der Waals surface area contributed by atoms with Crippen LogP contribution in [0.1, 0.15) is 5.56 Å². The van der Waals surface area contributed by atoms with E-state index in [1.165, 1.54) is 18.5 Å². The highest BCUT2D eigenvalue weighted by Crippen LogP contribution is 2.26. The van der Waals surface area contributed by atoms with Crippen LogP contribution in [0, 0.1) is 5.82 Å². The first-order chi connectivity index (χ1) is 14.5. The molecule has 2 heterocycles. The van der Waals surface area contributed by atoms with Crippen LogP contribution in [0.5, 0.6) is 0 Å². The van der Waals surface area contributed by atoms with Gasteiger partial charge in [-0.15, -0.1) is 4.99 Å². The minimum Gasteiger partial charge on any atom is -0.443 e. The molecule has 1 amide bonds. The quantitative estimate of drug-likeness (QED) is 0.250. The van der Waals surface area contributed by atoms with Crippen LogP contribution in [0.15, 0.2) is 40.7 Å². The zero-order chi connectivity index (χ0) is 21.5. The SMILES string of the molecule is NC(N)=NC(=O)OCc1cccc(-c2cnc(N3CC(=NOCCO)C3)nc2)c1F. The molecule has 1 aromatic heterocycles. The Kier molecular flexibility index (Phi) is 6.70. The lowest BCUT2D eigenvalue weighted by atomic mass is 10.1. The van der Waals surface area contributed by atoms with Crippen LogP contribution in [-0.2, 0) is 16.2 Å². The lowest BCUT2D eigenvalue weighted by Gasteiger charge is -2.31. The second-order valence-electron chi connectivity index (χ2n) is 6.21. The normalized spacial score (nSPS) is 12.7. The Hall–Kier alpha value is -3.80. The summed E-state index contributed by atoms with van der Waals surface area (Å²) in [5.41, 5.74) is 11.9. The van der Waals surface area contributed by atoms with E-state index in [2.05, 4.69) is 20.1 Å². The van der Waals surface area contributed by atoms with Crippen LogP contribution in [-0.4, -0.2) is 59.1 Å².